The summed E-state index contributed by atoms with van der Waals surface area (Å²) in [6.07, 6.45) is 0. The molecule has 1 N–H and O–H groups in total. The number of H-pyrrole nitrogens is 1. The molecular formula is C36H23NS. The molecule has 8 aromatic rings. The highest BCUT2D eigenvalue weighted by Gasteiger charge is 2.14. The molecule has 1 nitrogen and oxygen atoms in total. The van der Waals surface area contributed by atoms with Crippen LogP contribution in [0.5, 0.6) is 0 Å². The maximum absolute atomic E-state index is 3.73. The van der Waals surface area contributed by atoms with Crippen LogP contribution in [0.2, 0.25) is 0 Å². The predicted octanol–water partition coefficient (Wildman–Crippen LogP) is 10.7. The fraction of sp³-hybridized carbons (Fsp3) is 0. The Morgan fingerprint density at radius 2 is 1.11 bits per heavy atom. The quantitative estimate of drug-likeness (QED) is 0.248. The maximum Gasteiger partial charge on any atom is 0.0544 e. The summed E-state index contributed by atoms with van der Waals surface area (Å²) in [5, 5.41) is 5.19. The minimum absolute atomic E-state index is 1.17. The van der Waals surface area contributed by atoms with Crippen molar-refractivity contribution in [3.8, 4) is 33.4 Å². The zero-order valence-corrected chi connectivity index (χ0v) is 21.4. The molecule has 0 aliphatic carbocycles. The number of rotatable bonds is 3. The summed E-state index contributed by atoms with van der Waals surface area (Å²) in [5.74, 6) is 0. The Morgan fingerprint density at radius 1 is 0.421 bits per heavy atom. The van der Waals surface area contributed by atoms with Crippen molar-refractivity contribution in [1.82, 2.24) is 4.98 Å². The molecule has 178 valence electrons. The van der Waals surface area contributed by atoms with Crippen molar-refractivity contribution in [3.63, 3.8) is 0 Å². The van der Waals surface area contributed by atoms with Crippen LogP contribution in [0.25, 0.3) is 75.4 Å². The first kappa shape index (κ1) is 21.4. The topological polar surface area (TPSA) is 15.8 Å². The lowest BCUT2D eigenvalue weighted by atomic mass is 9.96. The molecule has 8 rings (SSSR count). The average Bonchev–Trinajstić information content (AvgIpc) is 3.56. The van der Waals surface area contributed by atoms with Gasteiger partial charge in [0, 0.05) is 42.0 Å². The first-order valence-corrected chi connectivity index (χ1v) is 13.8. The number of hydrogen-bond donors (Lipinski definition) is 1. The third-order valence-corrected chi connectivity index (χ3v) is 8.85. The Morgan fingerprint density at radius 3 is 2.00 bits per heavy atom. The second kappa shape index (κ2) is 8.44. The lowest BCUT2D eigenvalue weighted by Crippen LogP contribution is -1.83. The Balaban J connectivity index is 1.29. The van der Waals surface area contributed by atoms with Crippen molar-refractivity contribution < 1.29 is 0 Å². The molecule has 0 saturated carbocycles. The van der Waals surface area contributed by atoms with E-state index in [4.69, 9.17) is 0 Å². The molecule has 6 aromatic carbocycles. The molecule has 0 aliphatic rings. The standard InChI is InChI=1S/C36H23NS/c1-2-9-23(10-3-1)24-19-20-33-32(22-24)30-16-7-14-27(35(30)37-33)25-11-6-12-26(21-25)28-15-8-17-31-29-13-4-5-18-34(29)38-36(28)31/h1-22,37H. The van der Waals surface area contributed by atoms with Gasteiger partial charge < -0.3 is 4.98 Å². The SMILES string of the molecule is c1ccc(-c2ccc3[nH]c4c(-c5cccc(-c6cccc7c6sc6ccccc67)c5)cccc4c3c2)cc1. The van der Waals surface area contributed by atoms with Crippen LogP contribution in [0.1, 0.15) is 0 Å². The van der Waals surface area contributed by atoms with Crippen molar-refractivity contribution in [2.24, 2.45) is 0 Å². The van der Waals surface area contributed by atoms with Gasteiger partial charge in [0.25, 0.3) is 0 Å². The van der Waals surface area contributed by atoms with E-state index in [1.165, 1.54) is 75.4 Å². The molecule has 2 heterocycles. The Hall–Kier alpha value is -4.66. The Labute approximate surface area is 224 Å². The van der Waals surface area contributed by atoms with Gasteiger partial charge in [0.2, 0.25) is 0 Å². The second-order valence-electron chi connectivity index (χ2n) is 9.84. The highest BCUT2D eigenvalue weighted by Crippen LogP contribution is 2.41. The van der Waals surface area contributed by atoms with Gasteiger partial charge in [-0.15, -0.1) is 11.3 Å². The number of thiophene rings is 1. The number of para-hydroxylation sites is 1. The molecule has 0 aliphatic heterocycles. The largest absolute Gasteiger partial charge is 0.354 e. The highest BCUT2D eigenvalue weighted by molar-refractivity contribution is 7.26. The van der Waals surface area contributed by atoms with Gasteiger partial charge >= 0.3 is 0 Å². The van der Waals surface area contributed by atoms with E-state index in [2.05, 4.69) is 138 Å². The summed E-state index contributed by atoms with van der Waals surface area (Å²) in [4.78, 5) is 3.73. The van der Waals surface area contributed by atoms with Gasteiger partial charge in [-0.25, -0.2) is 0 Å². The molecule has 0 saturated heterocycles. The lowest BCUT2D eigenvalue weighted by molar-refractivity contribution is 1.53. The van der Waals surface area contributed by atoms with Crippen molar-refractivity contribution in [2.45, 2.75) is 0 Å². The van der Waals surface area contributed by atoms with Gasteiger partial charge in [0.05, 0.1) is 5.52 Å². The van der Waals surface area contributed by atoms with Crippen LogP contribution in [0, 0.1) is 0 Å². The molecule has 0 atom stereocenters. The van der Waals surface area contributed by atoms with Crippen LogP contribution in [0.4, 0.5) is 0 Å². The van der Waals surface area contributed by atoms with Crippen molar-refractivity contribution in [3.05, 3.63) is 133 Å². The van der Waals surface area contributed by atoms with E-state index < -0.39 is 0 Å². The van der Waals surface area contributed by atoms with Gasteiger partial charge in [-0.3, -0.25) is 0 Å². The zero-order valence-electron chi connectivity index (χ0n) is 20.6. The van der Waals surface area contributed by atoms with Crippen LogP contribution >= 0.6 is 11.3 Å². The molecular weight excluding hydrogens is 478 g/mol. The molecule has 2 aromatic heterocycles. The monoisotopic (exact) mass is 501 g/mol. The van der Waals surface area contributed by atoms with E-state index in [0.29, 0.717) is 0 Å². The van der Waals surface area contributed by atoms with E-state index >= 15 is 0 Å². The lowest BCUT2D eigenvalue weighted by Gasteiger charge is -2.08. The molecule has 0 bridgehead atoms. The Kier molecular flexibility index (Phi) is 4.76. The first-order valence-electron chi connectivity index (χ1n) is 12.9. The normalized spacial score (nSPS) is 11.7. The van der Waals surface area contributed by atoms with Gasteiger partial charge in [-0.1, -0.05) is 109 Å². The van der Waals surface area contributed by atoms with Crippen LogP contribution in [-0.2, 0) is 0 Å². The van der Waals surface area contributed by atoms with Crippen LogP contribution in [0.15, 0.2) is 133 Å². The summed E-state index contributed by atoms with van der Waals surface area (Å²) in [7, 11) is 0. The third kappa shape index (κ3) is 3.31. The van der Waals surface area contributed by atoms with E-state index in [1.54, 1.807) is 0 Å². The fourth-order valence-electron chi connectivity index (χ4n) is 5.80. The minimum atomic E-state index is 1.17. The molecule has 0 unspecified atom stereocenters. The van der Waals surface area contributed by atoms with Crippen LogP contribution < -0.4 is 0 Å². The number of fused-ring (bicyclic) bond motifs is 6. The van der Waals surface area contributed by atoms with Crippen LogP contribution in [0.3, 0.4) is 0 Å². The van der Waals surface area contributed by atoms with Crippen molar-refractivity contribution in [1.29, 1.82) is 0 Å². The zero-order chi connectivity index (χ0) is 25.1. The minimum Gasteiger partial charge on any atom is -0.354 e. The Bertz CT molecular complexity index is 2130. The number of nitrogens with one attached hydrogen (secondary N) is 1. The molecule has 0 amide bonds. The average molecular weight is 502 g/mol. The summed E-state index contributed by atoms with van der Waals surface area (Å²) in [6, 6.07) is 48.4. The fourth-order valence-corrected chi connectivity index (χ4v) is 7.04. The van der Waals surface area contributed by atoms with E-state index in [0.717, 1.165) is 0 Å². The molecule has 2 heteroatoms. The predicted molar refractivity (Wildman–Crippen MR) is 165 cm³/mol. The summed E-state index contributed by atoms with van der Waals surface area (Å²) in [6.45, 7) is 0. The molecule has 0 fully saturated rings. The van der Waals surface area contributed by atoms with Gasteiger partial charge in [0.1, 0.15) is 0 Å². The third-order valence-electron chi connectivity index (χ3n) is 7.63. The number of hydrogen-bond acceptors (Lipinski definition) is 1. The smallest absolute Gasteiger partial charge is 0.0544 e. The number of aromatic nitrogens is 1. The van der Waals surface area contributed by atoms with Gasteiger partial charge in [-0.2, -0.15) is 0 Å². The number of aromatic amines is 1. The first-order chi connectivity index (χ1) is 18.8. The van der Waals surface area contributed by atoms with E-state index in [9.17, 15) is 0 Å². The van der Waals surface area contributed by atoms with Gasteiger partial charge in [0.15, 0.2) is 0 Å². The molecule has 38 heavy (non-hydrogen) atoms. The van der Waals surface area contributed by atoms with Crippen molar-refractivity contribution >= 4 is 53.3 Å². The summed E-state index contributed by atoms with van der Waals surface area (Å²) >= 11 is 1.88. The molecule has 0 spiro atoms. The van der Waals surface area contributed by atoms with E-state index in [1.807, 2.05) is 11.3 Å². The summed E-state index contributed by atoms with van der Waals surface area (Å²) < 4.78 is 2.69. The van der Waals surface area contributed by atoms with Gasteiger partial charge in [-0.05, 0) is 52.1 Å². The van der Waals surface area contributed by atoms with Crippen LogP contribution in [-0.4, -0.2) is 4.98 Å². The second-order valence-corrected chi connectivity index (χ2v) is 10.9. The van der Waals surface area contributed by atoms with Crippen molar-refractivity contribution in [2.75, 3.05) is 0 Å². The van der Waals surface area contributed by atoms with E-state index in [-0.39, 0.29) is 0 Å². The number of benzene rings is 6. The molecule has 0 radical (unpaired) electrons. The highest BCUT2D eigenvalue weighted by atomic mass is 32.1. The summed E-state index contributed by atoms with van der Waals surface area (Å²) in [5.41, 5.74) is 9.82. The maximum atomic E-state index is 3.73.